The molecule has 1 aliphatic heterocycles. The minimum atomic E-state index is 0.101. The molecule has 1 N–H and O–H groups in total. The summed E-state index contributed by atoms with van der Waals surface area (Å²) >= 11 is 3.43. The number of nitrogens with zero attached hydrogens (tertiary/aromatic N) is 5. The monoisotopic (exact) mass is 338 g/mol. The van der Waals surface area contributed by atoms with E-state index in [4.69, 9.17) is 0 Å². The van der Waals surface area contributed by atoms with Crippen LogP contribution in [0.25, 0.3) is 11.0 Å². The molecule has 1 aliphatic rings. The normalized spacial score (nSPS) is 19.6. The van der Waals surface area contributed by atoms with E-state index in [0.29, 0.717) is 11.0 Å². The van der Waals surface area contributed by atoms with Gasteiger partial charge in [0.15, 0.2) is 5.65 Å². The van der Waals surface area contributed by atoms with Gasteiger partial charge in [0.1, 0.15) is 16.7 Å². The van der Waals surface area contributed by atoms with Gasteiger partial charge in [-0.25, -0.2) is 14.6 Å². The molecule has 106 valence electrons. The highest BCUT2D eigenvalue weighted by Crippen LogP contribution is 2.28. The molecular weight excluding hydrogens is 324 g/mol. The standard InChI is InChI=1S/C12H15BrN6O/c1-18-4-3-7(5-8(18)20)16-11-9-10(13)17-19(2)12(9)15-6-14-11/h6-7H,3-5H2,1-2H3,(H,14,15,16). The first-order valence-electron chi connectivity index (χ1n) is 6.40. The maximum Gasteiger partial charge on any atom is 0.224 e. The molecule has 1 atom stereocenters. The zero-order chi connectivity index (χ0) is 14.3. The van der Waals surface area contributed by atoms with Gasteiger partial charge in [0.05, 0.1) is 5.39 Å². The lowest BCUT2D eigenvalue weighted by Crippen LogP contribution is -2.41. The number of aryl methyl sites for hydroxylation is 1. The third-order valence-electron chi connectivity index (χ3n) is 3.58. The van der Waals surface area contributed by atoms with Crippen molar-refractivity contribution in [3.05, 3.63) is 10.9 Å². The lowest BCUT2D eigenvalue weighted by Gasteiger charge is -2.29. The minimum Gasteiger partial charge on any atom is -0.366 e. The lowest BCUT2D eigenvalue weighted by molar-refractivity contribution is -0.132. The predicted molar refractivity (Wildman–Crippen MR) is 78.3 cm³/mol. The average molecular weight is 339 g/mol. The number of halogens is 1. The van der Waals surface area contributed by atoms with Gasteiger partial charge in [-0.15, -0.1) is 0 Å². The first-order chi connectivity index (χ1) is 9.56. The van der Waals surface area contributed by atoms with Gasteiger partial charge in [-0.2, -0.15) is 5.10 Å². The van der Waals surface area contributed by atoms with Crippen molar-refractivity contribution >= 4 is 38.7 Å². The summed E-state index contributed by atoms with van der Waals surface area (Å²) in [5, 5.41) is 8.48. The molecule has 1 amide bonds. The molecule has 3 rings (SSSR count). The Kier molecular flexibility index (Phi) is 3.33. The van der Waals surface area contributed by atoms with Crippen LogP contribution in [-0.2, 0) is 11.8 Å². The predicted octanol–water partition coefficient (Wildman–Crippen LogP) is 1.16. The number of rotatable bonds is 2. The van der Waals surface area contributed by atoms with Gasteiger partial charge in [0.25, 0.3) is 0 Å². The molecular formula is C12H15BrN6O. The van der Waals surface area contributed by atoms with Crippen LogP contribution in [0.2, 0.25) is 0 Å². The van der Waals surface area contributed by atoms with Crippen molar-refractivity contribution in [3.8, 4) is 0 Å². The van der Waals surface area contributed by atoms with Crippen LogP contribution in [0, 0.1) is 0 Å². The molecule has 1 fully saturated rings. The first-order valence-corrected chi connectivity index (χ1v) is 7.19. The number of likely N-dealkylation sites (tertiary alicyclic amines) is 1. The van der Waals surface area contributed by atoms with E-state index in [2.05, 4.69) is 36.3 Å². The van der Waals surface area contributed by atoms with E-state index in [9.17, 15) is 4.79 Å². The molecule has 0 aliphatic carbocycles. The molecule has 0 spiro atoms. The SMILES string of the molecule is CN1CCC(Nc2ncnc3c2c(Br)nn3C)CC1=O. The van der Waals surface area contributed by atoms with E-state index in [1.165, 1.54) is 6.33 Å². The molecule has 7 nitrogen and oxygen atoms in total. The summed E-state index contributed by atoms with van der Waals surface area (Å²) in [7, 11) is 3.67. The van der Waals surface area contributed by atoms with Crippen LogP contribution >= 0.6 is 15.9 Å². The quantitative estimate of drug-likeness (QED) is 0.889. The number of hydrogen-bond donors (Lipinski definition) is 1. The highest BCUT2D eigenvalue weighted by molar-refractivity contribution is 9.10. The highest BCUT2D eigenvalue weighted by Gasteiger charge is 2.24. The van der Waals surface area contributed by atoms with E-state index in [0.717, 1.165) is 29.8 Å². The van der Waals surface area contributed by atoms with Crippen LogP contribution < -0.4 is 5.32 Å². The third-order valence-corrected chi connectivity index (χ3v) is 4.13. The van der Waals surface area contributed by atoms with Crippen molar-refractivity contribution in [1.82, 2.24) is 24.6 Å². The molecule has 3 heterocycles. The maximum atomic E-state index is 11.8. The average Bonchev–Trinajstić information content (AvgIpc) is 2.71. The number of carbonyl (C=O) groups is 1. The number of anilines is 1. The van der Waals surface area contributed by atoms with E-state index in [1.807, 2.05) is 14.1 Å². The van der Waals surface area contributed by atoms with Gasteiger partial charge in [0, 0.05) is 33.1 Å². The van der Waals surface area contributed by atoms with Crippen molar-refractivity contribution in [3.63, 3.8) is 0 Å². The van der Waals surface area contributed by atoms with Gasteiger partial charge in [-0.1, -0.05) is 0 Å². The molecule has 1 saturated heterocycles. The van der Waals surface area contributed by atoms with E-state index < -0.39 is 0 Å². The summed E-state index contributed by atoms with van der Waals surface area (Å²) in [5.74, 6) is 0.877. The Morgan fingerprint density at radius 1 is 1.40 bits per heavy atom. The third kappa shape index (κ3) is 2.24. The second kappa shape index (κ2) is 5.01. The number of amides is 1. The molecule has 0 saturated carbocycles. The Morgan fingerprint density at radius 2 is 2.20 bits per heavy atom. The van der Waals surface area contributed by atoms with Crippen LogP contribution in [-0.4, -0.2) is 50.2 Å². The highest BCUT2D eigenvalue weighted by atomic mass is 79.9. The number of hydrogen-bond acceptors (Lipinski definition) is 5. The Morgan fingerprint density at radius 3 is 2.95 bits per heavy atom. The zero-order valence-electron chi connectivity index (χ0n) is 11.3. The van der Waals surface area contributed by atoms with Crippen LogP contribution in [0.3, 0.4) is 0 Å². The fourth-order valence-corrected chi connectivity index (χ4v) is 3.01. The number of fused-ring (bicyclic) bond motifs is 1. The smallest absolute Gasteiger partial charge is 0.224 e. The summed E-state index contributed by atoms with van der Waals surface area (Å²) in [4.78, 5) is 22.0. The largest absolute Gasteiger partial charge is 0.366 e. The van der Waals surface area contributed by atoms with Crippen molar-refractivity contribution in [2.75, 3.05) is 18.9 Å². The molecule has 2 aromatic heterocycles. The molecule has 8 heteroatoms. The van der Waals surface area contributed by atoms with E-state index in [1.54, 1.807) is 9.58 Å². The van der Waals surface area contributed by atoms with Crippen molar-refractivity contribution in [2.45, 2.75) is 18.9 Å². The van der Waals surface area contributed by atoms with Gasteiger partial charge >= 0.3 is 0 Å². The molecule has 2 aromatic rings. The van der Waals surface area contributed by atoms with Gasteiger partial charge in [-0.3, -0.25) is 4.79 Å². The molecule has 0 aromatic carbocycles. The van der Waals surface area contributed by atoms with Gasteiger partial charge in [0.2, 0.25) is 5.91 Å². The maximum absolute atomic E-state index is 11.8. The number of nitrogens with one attached hydrogen (secondary N) is 1. The minimum absolute atomic E-state index is 0.101. The van der Waals surface area contributed by atoms with Gasteiger partial charge < -0.3 is 10.2 Å². The number of aromatic nitrogens is 4. The molecule has 0 radical (unpaired) electrons. The Labute approximate surface area is 124 Å². The molecule has 1 unspecified atom stereocenters. The van der Waals surface area contributed by atoms with Crippen LogP contribution in [0.5, 0.6) is 0 Å². The molecule has 20 heavy (non-hydrogen) atoms. The fourth-order valence-electron chi connectivity index (χ4n) is 2.41. The molecule has 0 bridgehead atoms. The van der Waals surface area contributed by atoms with E-state index in [-0.39, 0.29) is 11.9 Å². The summed E-state index contributed by atoms with van der Waals surface area (Å²) in [6, 6.07) is 0.101. The summed E-state index contributed by atoms with van der Waals surface area (Å²) < 4.78 is 2.41. The second-order valence-corrected chi connectivity index (χ2v) is 5.74. The second-order valence-electron chi connectivity index (χ2n) is 4.98. The van der Waals surface area contributed by atoms with Crippen LogP contribution in [0.4, 0.5) is 5.82 Å². The lowest BCUT2D eigenvalue weighted by atomic mass is 10.0. The van der Waals surface area contributed by atoms with Crippen molar-refractivity contribution in [2.24, 2.45) is 7.05 Å². The number of carbonyl (C=O) groups excluding carboxylic acids is 1. The van der Waals surface area contributed by atoms with Crippen LogP contribution in [0.1, 0.15) is 12.8 Å². The van der Waals surface area contributed by atoms with E-state index >= 15 is 0 Å². The van der Waals surface area contributed by atoms with Crippen LogP contribution in [0.15, 0.2) is 10.9 Å². The Balaban J connectivity index is 1.90. The summed E-state index contributed by atoms with van der Waals surface area (Å²) in [6.45, 7) is 0.763. The van der Waals surface area contributed by atoms with Gasteiger partial charge in [-0.05, 0) is 22.4 Å². The summed E-state index contributed by atoms with van der Waals surface area (Å²) in [5.41, 5.74) is 0.758. The number of piperidine rings is 1. The zero-order valence-corrected chi connectivity index (χ0v) is 12.9. The summed E-state index contributed by atoms with van der Waals surface area (Å²) in [6.07, 6.45) is 2.90. The fraction of sp³-hybridized carbons (Fsp3) is 0.500. The van der Waals surface area contributed by atoms with Crippen molar-refractivity contribution in [1.29, 1.82) is 0 Å². The topological polar surface area (TPSA) is 75.9 Å². The first kappa shape index (κ1) is 13.3. The Bertz CT molecular complexity index is 669. The Hall–Kier alpha value is -1.70. The van der Waals surface area contributed by atoms with Crippen molar-refractivity contribution < 1.29 is 4.79 Å².